The molecular weight excluding hydrogens is 303 g/mol. The van der Waals surface area contributed by atoms with Crippen molar-refractivity contribution in [3.05, 3.63) is 40.2 Å². The Balaban J connectivity index is 1.95. The van der Waals surface area contributed by atoms with Crippen molar-refractivity contribution in [1.29, 1.82) is 0 Å². The standard InChI is InChI=1S/C16H19FN2O2S/c17-14-6-11(7-20)13(5-12(14)8-21)16-19-15(9-22-16)10-1-3-18-4-2-10/h5-6,9-10,18,20-21H,1-4,7-8H2. The number of aliphatic hydroxyl groups excluding tert-OH is 2. The summed E-state index contributed by atoms with van der Waals surface area (Å²) in [7, 11) is 0. The van der Waals surface area contributed by atoms with Crippen molar-refractivity contribution in [1.82, 2.24) is 10.3 Å². The Morgan fingerprint density at radius 2 is 1.91 bits per heavy atom. The molecule has 118 valence electrons. The summed E-state index contributed by atoms with van der Waals surface area (Å²) in [6.07, 6.45) is 2.14. The van der Waals surface area contributed by atoms with Gasteiger partial charge >= 0.3 is 0 Å². The third-order valence-electron chi connectivity index (χ3n) is 4.12. The number of piperidine rings is 1. The Labute approximate surface area is 132 Å². The van der Waals surface area contributed by atoms with Crippen molar-refractivity contribution >= 4 is 11.3 Å². The van der Waals surface area contributed by atoms with Crippen LogP contribution in [0.25, 0.3) is 10.6 Å². The minimum Gasteiger partial charge on any atom is -0.392 e. The minimum atomic E-state index is -0.495. The fourth-order valence-electron chi connectivity index (χ4n) is 2.83. The normalized spacial score (nSPS) is 16.1. The zero-order valence-corrected chi connectivity index (χ0v) is 13.0. The maximum Gasteiger partial charge on any atom is 0.129 e. The maximum absolute atomic E-state index is 13.7. The lowest BCUT2D eigenvalue weighted by Crippen LogP contribution is -2.26. The van der Waals surface area contributed by atoms with Crippen LogP contribution in [-0.4, -0.2) is 28.3 Å². The molecule has 0 unspecified atom stereocenters. The van der Waals surface area contributed by atoms with Crippen LogP contribution in [0, 0.1) is 5.82 Å². The van der Waals surface area contributed by atoms with Crippen molar-refractivity contribution in [3.63, 3.8) is 0 Å². The average molecular weight is 322 g/mol. The van der Waals surface area contributed by atoms with E-state index in [1.807, 2.05) is 0 Å². The molecule has 1 aliphatic rings. The molecule has 1 aromatic carbocycles. The van der Waals surface area contributed by atoms with Crippen molar-refractivity contribution in [2.75, 3.05) is 13.1 Å². The number of nitrogens with zero attached hydrogens (tertiary/aromatic N) is 1. The largest absolute Gasteiger partial charge is 0.392 e. The monoisotopic (exact) mass is 322 g/mol. The predicted molar refractivity (Wildman–Crippen MR) is 84.2 cm³/mol. The molecule has 1 fully saturated rings. The zero-order chi connectivity index (χ0) is 15.5. The number of halogens is 1. The highest BCUT2D eigenvalue weighted by atomic mass is 32.1. The summed E-state index contributed by atoms with van der Waals surface area (Å²) in [6, 6.07) is 2.87. The molecule has 22 heavy (non-hydrogen) atoms. The maximum atomic E-state index is 13.7. The van der Waals surface area contributed by atoms with Crippen LogP contribution in [0.5, 0.6) is 0 Å². The summed E-state index contributed by atoms with van der Waals surface area (Å²) in [5.41, 5.74) is 2.50. The summed E-state index contributed by atoms with van der Waals surface area (Å²) >= 11 is 1.50. The molecule has 0 radical (unpaired) electrons. The Kier molecular flexibility index (Phi) is 4.83. The first kappa shape index (κ1) is 15.6. The van der Waals surface area contributed by atoms with Crippen molar-refractivity contribution in [3.8, 4) is 10.6 Å². The van der Waals surface area contributed by atoms with Gasteiger partial charge in [-0.25, -0.2) is 9.37 Å². The Hall–Kier alpha value is -1.34. The van der Waals surface area contributed by atoms with Gasteiger partial charge < -0.3 is 15.5 Å². The van der Waals surface area contributed by atoms with Crippen LogP contribution >= 0.6 is 11.3 Å². The van der Waals surface area contributed by atoms with Crippen LogP contribution in [-0.2, 0) is 13.2 Å². The molecule has 1 aliphatic heterocycles. The summed E-state index contributed by atoms with van der Waals surface area (Å²) < 4.78 is 13.7. The molecule has 2 heterocycles. The second-order valence-electron chi connectivity index (χ2n) is 5.52. The molecule has 0 amide bonds. The molecule has 2 aromatic rings. The van der Waals surface area contributed by atoms with Crippen LogP contribution < -0.4 is 5.32 Å². The molecule has 0 spiro atoms. The van der Waals surface area contributed by atoms with Gasteiger partial charge in [-0.3, -0.25) is 0 Å². The molecule has 6 heteroatoms. The van der Waals surface area contributed by atoms with Crippen molar-refractivity contribution < 1.29 is 14.6 Å². The fraction of sp³-hybridized carbons (Fsp3) is 0.438. The smallest absolute Gasteiger partial charge is 0.129 e. The van der Waals surface area contributed by atoms with Crippen LogP contribution in [0.3, 0.4) is 0 Å². The highest BCUT2D eigenvalue weighted by Crippen LogP contribution is 2.33. The van der Waals surface area contributed by atoms with E-state index < -0.39 is 5.82 Å². The molecule has 1 aromatic heterocycles. The van der Waals surface area contributed by atoms with Crippen molar-refractivity contribution in [2.45, 2.75) is 32.0 Å². The lowest BCUT2D eigenvalue weighted by atomic mass is 9.95. The second kappa shape index (κ2) is 6.83. The third-order valence-corrected chi connectivity index (χ3v) is 5.02. The van der Waals surface area contributed by atoms with E-state index in [2.05, 4.69) is 10.7 Å². The molecule has 1 saturated heterocycles. The van der Waals surface area contributed by atoms with Crippen LogP contribution in [0.2, 0.25) is 0 Å². The van der Waals surface area contributed by atoms with Gasteiger partial charge in [0.05, 0.1) is 18.9 Å². The van der Waals surface area contributed by atoms with Gasteiger partial charge in [0.2, 0.25) is 0 Å². The highest BCUT2D eigenvalue weighted by Gasteiger charge is 2.20. The number of aromatic nitrogens is 1. The number of benzene rings is 1. The first-order chi connectivity index (χ1) is 10.7. The summed E-state index contributed by atoms with van der Waals surface area (Å²) in [4.78, 5) is 4.69. The van der Waals surface area contributed by atoms with Gasteiger partial charge in [-0.1, -0.05) is 0 Å². The molecule has 4 nitrogen and oxygen atoms in total. The van der Waals surface area contributed by atoms with Gasteiger partial charge in [0.25, 0.3) is 0 Å². The van der Waals surface area contributed by atoms with Gasteiger partial charge in [0.15, 0.2) is 0 Å². The Morgan fingerprint density at radius 3 is 2.59 bits per heavy atom. The summed E-state index contributed by atoms with van der Waals surface area (Å²) in [5.74, 6) is -0.0352. The van der Waals surface area contributed by atoms with Gasteiger partial charge in [0.1, 0.15) is 10.8 Å². The van der Waals surface area contributed by atoms with E-state index in [0.29, 0.717) is 17.0 Å². The minimum absolute atomic E-state index is 0.228. The average Bonchev–Trinajstić information content (AvgIpc) is 3.05. The van der Waals surface area contributed by atoms with E-state index in [1.54, 1.807) is 6.07 Å². The molecule has 0 bridgehead atoms. The summed E-state index contributed by atoms with van der Waals surface area (Å²) in [6.45, 7) is 1.40. The van der Waals surface area contributed by atoms with E-state index in [1.165, 1.54) is 17.4 Å². The van der Waals surface area contributed by atoms with E-state index in [-0.39, 0.29) is 18.8 Å². The fourth-order valence-corrected chi connectivity index (χ4v) is 3.78. The molecule has 0 saturated carbocycles. The molecule has 0 atom stereocenters. The van der Waals surface area contributed by atoms with Gasteiger partial charge in [-0.2, -0.15) is 0 Å². The zero-order valence-electron chi connectivity index (χ0n) is 12.2. The first-order valence-corrected chi connectivity index (χ1v) is 8.30. The van der Waals surface area contributed by atoms with E-state index in [4.69, 9.17) is 4.98 Å². The van der Waals surface area contributed by atoms with E-state index in [0.717, 1.165) is 36.6 Å². The van der Waals surface area contributed by atoms with Crippen LogP contribution in [0.1, 0.15) is 35.6 Å². The second-order valence-corrected chi connectivity index (χ2v) is 6.38. The number of hydrogen-bond acceptors (Lipinski definition) is 5. The number of nitrogens with one attached hydrogen (secondary N) is 1. The van der Waals surface area contributed by atoms with Crippen LogP contribution in [0.4, 0.5) is 4.39 Å². The number of hydrogen-bond donors (Lipinski definition) is 3. The molecule has 3 N–H and O–H groups in total. The Bertz CT molecular complexity index is 654. The molecular formula is C16H19FN2O2S. The first-order valence-electron chi connectivity index (χ1n) is 7.42. The lowest BCUT2D eigenvalue weighted by Gasteiger charge is -2.20. The van der Waals surface area contributed by atoms with Gasteiger partial charge in [-0.15, -0.1) is 11.3 Å². The molecule has 0 aliphatic carbocycles. The highest BCUT2D eigenvalue weighted by molar-refractivity contribution is 7.13. The van der Waals surface area contributed by atoms with Crippen molar-refractivity contribution in [2.24, 2.45) is 0 Å². The SMILES string of the molecule is OCc1cc(-c2nc(C3CCNCC3)cs2)c(CO)cc1F. The van der Waals surface area contributed by atoms with E-state index in [9.17, 15) is 14.6 Å². The number of thiazole rings is 1. The topological polar surface area (TPSA) is 65.4 Å². The predicted octanol–water partition coefficient (Wildman–Crippen LogP) is 2.40. The number of aliphatic hydroxyl groups is 2. The summed E-state index contributed by atoms with van der Waals surface area (Å²) in [5, 5.41) is 24.9. The number of rotatable bonds is 4. The third kappa shape index (κ3) is 3.05. The quantitative estimate of drug-likeness (QED) is 0.809. The van der Waals surface area contributed by atoms with Gasteiger partial charge in [0, 0.05) is 22.4 Å². The van der Waals surface area contributed by atoms with E-state index >= 15 is 0 Å². The molecule has 3 rings (SSSR count). The lowest BCUT2D eigenvalue weighted by molar-refractivity contribution is 0.272. The van der Waals surface area contributed by atoms with Crippen LogP contribution in [0.15, 0.2) is 17.5 Å². The Morgan fingerprint density at radius 1 is 1.18 bits per heavy atom. The van der Waals surface area contributed by atoms with Gasteiger partial charge in [-0.05, 0) is 43.6 Å².